The monoisotopic (exact) mass is 428 g/mol. The molecule has 32 heavy (non-hydrogen) atoms. The summed E-state index contributed by atoms with van der Waals surface area (Å²) in [7, 11) is 0. The highest BCUT2D eigenvalue weighted by Crippen LogP contribution is 2.44. The van der Waals surface area contributed by atoms with Crippen LogP contribution in [-0.4, -0.2) is 35.2 Å². The van der Waals surface area contributed by atoms with E-state index in [0.29, 0.717) is 5.92 Å². The van der Waals surface area contributed by atoms with Gasteiger partial charge in [0, 0.05) is 30.1 Å². The van der Waals surface area contributed by atoms with E-state index in [1.54, 1.807) is 6.07 Å². The topological polar surface area (TPSA) is 31.6 Å². The van der Waals surface area contributed by atoms with Crippen LogP contribution in [0.2, 0.25) is 0 Å². The number of fused-ring (bicyclic) bond motifs is 2. The Morgan fingerprint density at radius 3 is 2.62 bits per heavy atom. The predicted molar refractivity (Wildman–Crippen MR) is 127 cm³/mol. The number of nitrogens with zero attached hydrogens (tertiary/aromatic N) is 1. The third kappa shape index (κ3) is 3.52. The molecule has 0 aliphatic carbocycles. The second kappa shape index (κ2) is 7.72. The van der Waals surface area contributed by atoms with Gasteiger partial charge in [-0.05, 0) is 84.4 Å². The van der Waals surface area contributed by atoms with Gasteiger partial charge in [-0.1, -0.05) is 36.4 Å². The lowest BCUT2D eigenvalue weighted by molar-refractivity contribution is 0.113. The van der Waals surface area contributed by atoms with E-state index in [2.05, 4.69) is 53.2 Å². The van der Waals surface area contributed by atoms with Gasteiger partial charge in [0.1, 0.15) is 5.82 Å². The Labute approximate surface area is 188 Å². The van der Waals surface area contributed by atoms with Gasteiger partial charge in [-0.3, -0.25) is 4.90 Å². The van der Waals surface area contributed by atoms with Crippen LogP contribution in [0.1, 0.15) is 29.5 Å². The molecular weight excluding hydrogens is 399 g/mol. The Kier molecular flexibility index (Phi) is 4.81. The Morgan fingerprint density at radius 2 is 1.84 bits per heavy atom. The van der Waals surface area contributed by atoms with Gasteiger partial charge in [0.05, 0.1) is 12.2 Å². The minimum absolute atomic E-state index is 0.0659. The molecule has 0 amide bonds. The second-order valence-corrected chi connectivity index (χ2v) is 9.67. The van der Waals surface area contributed by atoms with Crippen molar-refractivity contribution in [3.05, 3.63) is 83.3 Å². The molecule has 6 rings (SSSR count). The second-order valence-electron chi connectivity index (χ2n) is 9.67. The van der Waals surface area contributed by atoms with E-state index < -0.39 is 0 Å². The number of hydrogen-bond donors (Lipinski definition) is 1. The highest BCUT2D eigenvalue weighted by Gasteiger charge is 2.51. The number of halogens is 1. The lowest BCUT2D eigenvalue weighted by Gasteiger charge is -2.35. The van der Waals surface area contributed by atoms with Gasteiger partial charge in [0.25, 0.3) is 0 Å². The number of aryl methyl sites for hydroxylation is 1. The SMILES string of the molecule is Cc1cccc2cccc(CN3CCC(C4(Cc5c[nH]c6ccc(F)cc56)CO4)CC3)c12. The van der Waals surface area contributed by atoms with Crippen molar-refractivity contribution in [1.29, 1.82) is 0 Å². The molecule has 1 N–H and O–H groups in total. The maximum absolute atomic E-state index is 13.8. The zero-order valence-electron chi connectivity index (χ0n) is 18.5. The molecule has 2 aliphatic heterocycles. The van der Waals surface area contributed by atoms with Gasteiger partial charge < -0.3 is 9.72 Å². The first kappa shape index (κ1) is 20.0. The fourth-order valence-electron chi connectivity index (χ4n) is 5.80. The maximum Gasteiger partial charge on any atom is 0.123 e. The quantitative estimate of drug-likeness (QED) is 0.396. The molecule has 3 heterocycles. The third-order valence-electron chi connectivity index (χ3n) is 7.66. The van der Waals surface area contributed by atoms with E-state index >= 15 is 0 Å². The number of aromatic nitrogens is 1. The molecule has 1 atom stereocenters. The van der Waals surface area contributed by atoms with Crippen molar-refractivity contribution >= 4 is 21.7 Å². The normalized spacial score (nSPS) is 22.1. The van der Waals surface area contributed by atoms with Crippen molar-refractivity contribution in [2.45, 2.75) is 38.3 Å². The Balaban J connectivity index is 1.15. The van der Waals surface area contributed by atoms with Crippen molar-refractivity contribution in [3.8, 4) is 0 Å². The number of rotatable bonds is 5. The van der Waals surface area contributed by atoms with Crippen LogP contribution in [0.15, 0.2) is 60.8 Å². The molecule has 0 radical (unpaired) electrons. The van der Waals surface area contributed by atoms with Gasteiger partial charge in [-0.2, -0.15) is 0 Å². The van der Waals surface area contributed by atoms with E-state index in [1.165, 1.54) is 33.5 Å². The van der Waals surface area contributed by atoms with Gasteiger partial charge >= 0.3 is 0 Å². The van der Waals surface area contributed by atoms with E-state index in [-0.39, 0.29) is 11.4 Å². The first-order valence-corrected chi connectivity index (χ1v) is 11.7. The summed E-state index contributed by atoms with van der Waals surface area (Å²) in [5.74, 6) is 0.382. The van der Waals surface area contributed by atoms with Gasteiger partial charge in [-0.25, -0.2) is 4.39 Å². The zero-order valence-corrected chi connectivity index (χ0v) is 18.5. The number of epoxide rings is 1. The molecule has 4 heteroatoms. The Bertz CT molecular complexity index is 1280. The van der Waals surface area contributed by atoms with Crippen LogP contribution in [0.4, 0.5) is 4.39 Å². The molecule has 2 fully saturated rings. The minimum Gasteiger partial charge on any atom is -0.369 e. The smallest absolute Gasteiger partial charge is 0.123 e. The first-order valence-electron chi connectivity index (χ1n) is 11.7. The van der Waals surface area contributed by atoms with Crippen LogP contribution in [0, 0.1) is 18.7 Å². The molecule has 164 valence electrons. The molecular formula is C28H29FN2O. The number of nitrogens with one attached hydrogen (secondary N) is 1. The summed E-state index contributed by atoms with van der Waals surface area (Å²) in [5.41, 5.74) is 4.89. The van der Waals surface area contributed by atoms with Crippen LogP contribution in [0.25, 0.3) is 21.7 Å². The number of likely N-dealkylation sites (tertiary alicyclic amines) is 1. The molecule has 0 saturated carbocycles. The molecule has 3 nitrogen and oxygen atoms in total. The van der Waals surface area contributed by atoms with E-state index in [1.807, 2.05) is 12.3 Å². The van der Waals surface area contributed by atoms with Crippen molar-refractivity contribution in [3.63, 3.8) is 0 Å². The number of ether oxygens (including phenoxy) is 1. The molecule has 0 spiro atoms. The van der Waals surface area contributed by atoms with E-state index in [4.69, 9.17) is 4.74 Å². The first-order chi connectivity index (χ1) is 15.6. The summed E-state index contributed by atoms with van der Waals surface area (Å²) < 4.78 is 19.9. The Morgan fingerprint density at radius 1 is 1.06 bits per heavy atom. The molecule has 1 aromatic heterocycles. The molecule has 4 aromatic rings. The summed E-state index contributed by atoms with van der Waals surface area (Å²) in [6, 6.07) is 18.2. The number of piperidine rings is 1. The molecule has 0 bridgehead atoms. The van der Waals surface area contributed by atoms with E-state index in [0.717, 1.165) is 56.4 Å². The molecule has 2 saturated heterocycles. The number of H-pyrrole nitrogens is 1. The largest absolute Gasteiger partial charge is 0.369 e. The fraction of sp³-hybridized carbons (Fsp3) is 0.357. The van der Waals surface area contributed by atoms with E-state index in [9.17, 15) is 4.39 Å². The number of benzene rings is 3. The molecule has 3 aromatic carbocycles. The zero-order chi connectivity index (χ0) is 21.7. The predicted octanol–water partition coefficient (Wildman–Crippen LogP) is 5.99. The van der Waals surface area contributed by atoms with Crippen molar-refractivity contribution in [1.82, 2.24) is 9.88 Å². The minimum atomic E-state index is -0.180. The Hall–Kier alpha value is -2.69. The van der Waals surface area contributed by atoms with Crippen molar-refractivity contribution < 1.29 is 9.13 Å². The van der Waals surface area contributed by atoms with Crippen molar-refractivity contribution in [2.24, 2.45) is 5.92 Å². The highest BCUT2D eigenvalue weighted by atomic mass is 19.1. The van der Waals surface area contributed by atoms with Gasteiger partial charge in [0.2, 0.25) is 0 Å². The molecule has 1 unspecified atom stereocenters. The third-order valence-corrected chi connectivity index (χ3v) is 7.66. The molecule has 2 aliphatic rings. The number of hydrogen-bond acceptors (Lipinski definition) is 2. The van der Waals surface area contributed by atoms with Crippen LogP contribution >= 0.6 is 0 Å². The van der Waals surface area contributed by atoms with Crippen LogP contribution in [0.3, 0.4) is 0 Å². The van der Waals surface area contributed by atoms with Crippen LogP contribution < -0.4 is 0 Å². The average molecular weight is 429 g/mol. The lowest BCUT2D eigenvalue weighted by Crippen LogP contribution is -2.39. The van der Waals surface area contributed by atoms with Gasteiger partial charge in [-0.15, -0.1) is 0 Å². The highest BCUT2D eigenvalue weighted by molar-refractivity contribution is 5.88. The lowest BCUT2D eigenvalue weighted by atomic mass is 9.80. The standard InChI is InChI=1S/C28H29FN2O/c1-19-4-2-5-20-6-3-7-21(27(19)20)17-31-12-10-23(11-13-31)28(18-32-28)15-22-16-30-26-9-8-24(29)14-25(22)26/h2-9,14,16,23,30H,10-13,15,17-18H2,1H3. The summed E-state index contributed by atoms with van der Waals surface area (Å²) >= 11 is 0. The van der Waals surface area contributed by atoms with Crippen molar-refractivity contribution in [2.75, 3.05) is 19.7 Å². The summed E-state index contributed by atoms with van der Waals surface area (Å²) in [6.07, 6.45) is 5.20. The summed E-state index contributed by atoms with van der Waals surface area (Å²) in [4.78, 5) is 5.88. The fourth-order valence-corrected chi connectivity index (χ4v) is 5.80. The van der Waals surface area contributed by atoms with Crippen LogP contribution in [-0.2, 0) is 17.7 Å². The van der Waals surface area contributed by atoms with Crippen LogP contribution in [0.5, 0.6) is 0 Å². The summed E-state index contributed by atoms with van der Waals surface area (Å²) in [6.45, 7) is 6.23. The van der Waals surface area contributed by atoms with Gasteiger partial charge in [0.15, 0.2) is 0 Å². The average Bonchev–Trinajstić information content (AvgIpc) is 3.49. The maximum atomic E-state index is 13.8. The summed E-state index contributed by atoms with van der Waals surface area (Å²) in [5, 5.41) is 3.73. The number of aromatic amines is 1.